The fourth-order valence-corrected chi connectivity index (χ4v) is 2.75. The van der Waals surface area contributed by atoms with Crippen molar-refractivity contribution in [3.63, 3.8) is 0 Å². The van der Waals surface area contributed by atoms with E-state index in [1.807, 2.05) is 18.2 Å². The molecule has 0 aliphatic rings. The molecule has 0 saturated carbocycles. The Morgan fingerprint density at radius 1 is 1.03 bits per heavy atom. The maximum Gasteiger partial charge on any atom is 0.270 e. The number of nitrogens with zero attached hydrogens (tertiary/aromatic N) is 1. The van der Waals surface area contributed by atoms with E-state index in [1.54, 1.807) is 30.3 Å². The second-order valence-electron chi connectivity index (χ2n) is 6.33. The first kappa shape index (κ1) is 20.7. The Labute approximate surface area is 172 Å². The number of amides is 1. The Bertz CT molecular complexity index is 1050. The molecule has 0 heterocycles. The summed E-state index contributed by atoms with van der Waals surface area (Å²) in [5.74, 6) is -0.189. The summed E-state index contributed by atoms with van der Waals surface area (Å²) in [6, 6.07) is 20.7. The molecule has 0 atom stereocenters. The molecular weight excluding hydrogens is 387 g/mol. The molecule has 0 aliphatic carbocycles. The number of non-ortho nitro benzene ring substituents is 1. The maximum atomic E-state index is 12.9. The molecule has 0 radical (unpaired) electrons. The van der Waals surface area contributed by atoms with Gasteiger partial charge < -0.3 is 10.1 Å². The predicted molar refractivity (Wildman–Crippen MR) is 112 cm³/mol. The number of carbonyl (C=O) groups is 1. The van der Waals surface area contributed by atoms with Gasteiger partial charge in [-0.3, -0.25) is 14.9 Å². The van der Waals surface area contributed by atoms with Gasteiger partial charge in [0.15, 0.2) is 0 Å². The van der Waals surface area contributed by atoms with Gasteiger partial charge in [0.05, 0.1) is 11.5 Å². The average molecular weight is 406 g/mol. The van der Waals surface area contributed by atoms with Crippen molar-refractivity contribution in [3.05, 3.63) is 106 Å². The van der Waals surface area contributed by atoms with Gasteiger partial charge in [0.25, 0.3) is 11.6 Å². The quantitative estimate of drug-likeness (QED) is 0.197. The van der Waals surface area contributed by atoms with Crippen LogP contribution in [-0.4, -0.2) is 24.0 Å². The van der Waals surface area contributed by atoms with Gasteiger partial charge in [-0.05, 0) is 41.5 Å². The second kappa shape index (κ2) is 9.97. The van der Waals surface area contributed by atoms with E-state index in [0.717, 1.165) is 0 Å². The first-order chi connectivity index (χ1) is 14.5. The Morgan fingerprint density at radius 2 is 1.77 bits per heavy atom. The fourth-order valence-electron chi connectivity index (χ4n) is 2.75. The van der Waals surface area contributed by atoms with Crippen LogP contribution in [-0.2, 0) is 4.79 Å². The summed E-state index contributed by atoms with van der Waals surface area (Å²) in [7, 11) is 0. The van der Waals surface area contributed by atoms with Crippen LogP contribution in [0.1, 0.15) is 11.1 Å². The van der Waals surface area contributed by atoms with Crippen LogP contribution in [0.4, 0.5) is 10.1 Å². The van der Waals surface area contributed by atoms with Gasteiger partial charge in [0, 0.05) is 17.7 Å². The molecule has 6 nitrogen and oxygen atoms in total. The summed E-state index contributed by atoms with van der Waals surface area (Å²) in [5.41, 5.74) is 1.55. The summed E-state index contributed by atoms with van der Waals surface area (Å²) < 4.78 is 18.4. The van der Waals surface area contributed by atoms with E-state index in [4.69, 9.17) is 4.74 Å². The minimum atomic E-state index is -0.480. The molecule has 3 aromatic rings. The van der Waals surface area contributed by atoms with E-state index >= 15 is 0 Å². The molecule has 0 bridgehead atoms. The highest BCUT2D eigenvalue weighted by atomic mass is 19.1. The van der Waals surface area contributed by atoms with Crippen LogP contribution in [0.3, 0.4) is 0 Å². The maximum absolute atomic E-state index is 12.9. The zero-order valence-electron chi connectivity index (χ0n) is 16.0. The number of benzene rings is 3. The molecule has 3 rings (SSSR count). The normalized spacial score (nSPS) is 11.0. The summed E-state index contributed by atoms with van der Waals surface area (Å²) in [4.78, 5) is 23.3. The molecule has 7 heteroatoms. The highest BCUT2D eigenvalue weighted by Crippen LogP contribution is 2.21. The molecule has 152 valence electrons. The van der Waals surface area contributed by atoms with Gasteiger partial charge in [-0.25, -0.2) is 4.39 Å². The van der Waals surface area contributed by atoms with Gasteiger partial charge in [0.2, 0.25) is 0 Å². The number of halogens is 1. The summed E-state index contributed by atoms with van der Waals surface area (Å²) >= 11 is 0. The molecule has 1 N–H and O–H groups in total. The van der Waals surface area contributed by atoms with Crippen LogP contribution < -0.4 is 10.1 Å². The summed E-state index contributed by atoms with van der Waals surface area (Å²) in [5, 5.41) is 13.8. The fraction of sp³-hybridized carbons (Fsp3) is 0.0870. The molecule has 30 heavy (non-hydrogen) atoms. The molecule has 0 unspecified atom stereocenters. The van der Waals surface area contributed by atoms with Crippen LogP contribution in [0.25, 0.3) is 11.6 Å². The van der Waals surface area contributed by atoms with Crippen molar-refractivity contribution >= 4 is 23.2 Å². The number of ether oxygens (including phenoxy) is 1. The zero-order chi connectivity index (χ0) is 21.3. The number of carbonyl (C=O) groups excluding carboxylic acids is 1. The van der Waals surface area contributed by atoms with Gasteiger partial charge >= 0.3 is 0 Å². The highest BCUT2D eigenvalue weighted by Gasteiger charge is 2.13. The number of hydrogen-bond acceptors (Lipinski definition) is 4. The van der Waals surface area contributed by atoms with Gasteiger partial charge in [-0.15, -0.1) is 0 Å². The molecule has 0 aliphatic heterocycles. The third kappa shape index (κ3) is 5.75. The van der Waals surface area contributed by atoms with Crippen molar-refractivity contribution in [1.82, 2.24) is 5.32 Å². The van der Waals surface area contributed by atoms with E-state index in [9.17, 15) is 19.3 Å². The van der Waals surface area contributed by atoms with E-state index in [-0.39, 0.29) is 30.6 Å². The van der Waals surface area contributed by atoms with Crippen molar-refractivity contribution in [2.75, 3.05) is 13.2 Å². The minimum absolute atomic E-state index is 0.0516. The Kier molecular flexibility index (Phi) is 6.89. The van der Waals surface area contributed by atoms with E-state index in [1.165, 1.54) is 36.4 Å². The SMILES string of the molecule is O=C(NCCOc1ccc(F)cc1)/C(=C/c1cccc([N+](=O)[O-])c1)c1ccccc1. The molecule has 0 spiro atoms. The van der Waals surface area contributed by atoms with E-state index in [2.05, 4.69) is 5.32 Å². The van der Waals surface area contributed by atoms with Crippen LogP contribution in [0, 0.1) is 15.9 Å². The molecule has 1 amide bonds. The van der Waals surface area contributed by atoms with Crippen molar-refractivity contribution in [2.45, 2.75) is 0 Å². The Balaban J connectivity index is 1.72. The van der Waals surface area contributed by atoms with Crippen LogP contribution in [0.15, 0.2) is 78.9 Å². The van der Waals surface area contributed by atoms with E-state index in [0.29, 0.717) is 22.4 Å². The van der Waals surface area contributed by atoms with Gasteiger partial charge in [-0.1, -0.05) is 42.5 Å². The first-order valence-electron chi connectivity index (χ1n) is 9.21. The Hall–Kier alpha value is -4.00. The highest BCUT2D eigenvalue weighted by molar-refractivity contribution is 6.24. The van der Waals surface area contributed by atoms with Crippen molar-refractivity contribution in [2.24, 2.45) is 0 Å². The van der Waals surface area contributed by atoms with Crippen LogP contribution >= 0.6 is 0 Å². The summed E-state index contributed by atoms with van der Waals surface area (Å²) in [6.45, 7) is 0.436. The second-order valence-corrected chi connectivity index (χ2v) is 6.33. The van der Waals surface area contributed by atoms with Crippen LogP contribution in [0.5, 0.6) is 5.75 Å². The van der Waals surface area contributed by atoms with E-state index < -0.39 is 4.92 Å². The molecule has 3 aromatic carbocycles. The molecule has 0 aromatic heterocycles. The first-order valence-corrected chi connectivity index (χ1v) is 9.21. The number of nitrogens with one attached hydrogen (secondary N) is 1. The third-order valence-electron chi connectivity index (χ3n) is 4.19. The molecule has 0 saturated heterocycles. The molecular formula is C23H19FN2O4. The number of nitro benzene ring substituents is 1. The smallest absolute Gasteiger partial charge is 0.270 e. The lowest BCUT2D eigenvalue weighted by molar-refractivity contribution is -0.384. The van der Waals surface area contributed by atoms with Crippen molar-refractivity contribution in [3.8, 4) is 5.75 Å². The molecule has 0 fully saturated rings. The topological polar surface area (TPSA) is 81.5 Å². The van der Waals surface area contributed by atoms with Gasteiger partial charge in [0.1, 0.15) is 18.2 Å². The number of nitro groups is 1. The number of rotatable bonds is 8. The van der Waals surface area contributed by atoms with Crippen molar-refractivity contribution in [1.29, 1.82) is 0 Å². The lowest BCUT2D eigenvalue weighted by atomic mass is 10.0. The summed E-state index contributed by atoms with van der Waals surface area (Å²) in [6.07, 6.45) is 1.61. The lowest BCUT2D eigenvalue weighted by Crippen LogP contribution is -2.28. The van der Waals surface area contributed by atoms with Crippen molar-refractivity contribution < 1.29 is 18.8 Å². The zero-order valence-corrected chi connectivity index (χ0v) is 16.0. The predicted octanol–water partition coefficient (Wildman–Crippen LogP) is 4.47. The van der Waals surface area contributed by atoms with Gasteiger partial charge in [-0.2, -0.15) is 0 Å². The Morgan fingerprint density at radius 3 is 2.47 bits per heavy atom. The standard InChI is InChI=1S/C23H19FN2O4/c24-19-9-11-21(12-10-19)30-14-13-25-23(27)22(18-6-2-1-3-7-18)16-17-5-4-8-20(15-17)26(28)29/h1-12,15-16H,13-14H2,(H,25,27)/b22-16+. The largest absolute Gasteiger partial charge is 0.492 e. The number of hydrogen-bond donors (Lipinski definition) is 1. The minimum Gasteiger partial charge on any atom is -0.492 e. The average Bonchev–Trinajstić information content (AvgIpc) is 2.77. The third-order valence-corrected chi connectivity index (χ3v) is 4.19. The van der Waals surface area contributed by atoms with Crippen LogP contribution in [0.2, 0.25) is 0 Å². The monoisotopic (exact) mass is 406 g/mol. The lowest BCUT2D eigenvalue weighted by Gasteiger charge is -2.11.